The van der Waals surface area contributed by atoms with Crippen LogP contribution in [0.15, 0.2) is 24.3 Å². The maximum absolute atomic E-state index is 6.20. The van der Waals surface area contributed by atoms with Gasteiger partial charge in [-0.2, -0.15) is 0 Å². The van der Waals surface area contributed by atoms with E-state index in [1.54, 1.807) is 0 Å². The number of benzene rings is 1. The second-order valence-electron chi connectivity index (χ2n) is 5.56. The largest absolute Gasteiger partial charge is 0.487 e. The molecule has 3 unspecified atom stereocenters. The van der Waals surface area contributed by atoms with E-state index in [0.29, 0.717) is 0 Å². The highest BCUT2D eigenvalue weighted by Gasteiger charge is 2.49. The average Bonchev–Trinajstić information content (AvgIpc) is 2.81. The highest BCUT2D eigenvalue weighted by atomic mass is 35.5. The molecule has 2 saturated carbocycles. The maximum Gasteiger partial charge on any atom is 0.120 e. The minimum absolute atomic E-state index is 0. The number of rotatable bonds is 2. The Morgan fingerprint density at radius 1 is 1.24 bits per heavy atom. The summed E-state index contributed by atoms with van der Waals surface area (Å²) < 4.78 is 6.20. The maximum atomic E-state index is 6.20. The van der Waals surface area contributed by atoms with Crippen molar-refractivity contribution in [3.8, 4) is 5.75 Å². The molecule has 0 amide bonds. The molecule has 0 radical (unpaired) electrons. The molecule has 0 heterocycles. The zero-order valence-corrected chi connectivity index (χ0v) is 11.0. The molecule has 0 spiro atoms. The van der Waals surface area contributed by atoms with Gasteiger partial charge in [-0.15, -0.1) is 12.4 Å². The fraction of sp³-hybridized carbons (Fsp3) is 0.571. The van der Waals surface area contributed by atoms with Gasteiger partial charge in [-0.1, -0.05) is 0 Å². The Bertz CT molecular complexity index is 392. The second kappa shape index (κ2) is 4.41. The summed E-state index contributed by atoms with van der Waals surface area (Å²) in [5.74, 6) is 2.63. The molecule has 2 aliphatic carbocycles. The first kappa shape index (κ1) is 12.6. The first-order valence-electron chi connectivity index (χ1n) is 6.20. The highest BCUT2D eigenvalue weighted by molar-refractivity contribution is 5.85. The third kappa shape index (κ3) is 2.23. The zero-order chi connectivity index (χ0) is 11.2. The number of fused-ring (bicyclic) bond motifs is 2. The molecule has 1 aromatic rings. The van der Waals surface area contributed by atoms with E-state index in [4.69, 9.17) is 10.5 Å². The van der Waals surface area contributed by atoms with Gasteiger partial charge in [-0.25, -0.2) is 0 Å². The van der Waals surface area contributed by atoms with Crippen LogP contribution in [0.25, 0.3) is 0 Å². The summed E-state index contributed by atoms with van der Waals surface area (Å²) in [5.41, 5.74) is 6.54. The van der Waals surface area contributed by atoms with Crippen molar-refractivity contribution in [2.45, 2.75) is 38.2 Å². The van der Waals surface area contributed by atoms with Crippen LogP contribution < -0.4 is 10.5 Å². The van der Waals surface area contributed by atoms with Crippen molar-refractivity contribution in [2.24, 2.45) is 11.8 Å². The van der Waals surface area contributed by atoms with E-state index in [2.05, 4.69) is 6.92 Å². The number of hydrogen-bond acceptors (Lipinski definition) is 2. The van der Waals surface area contributed by atoms with Crippen molar-refractivity contribution in [2.75, 3.05) is 5.73 Å². The van der Waals surface area contributed by atoms with Gasteiger partial charge in [0.25, 0.3) is 0 Å². The molecule has 2 bridgehead atoms. The summed E-state index contributed by atoms with van der Waals surface area (Å²) in [6.07, 6.45) is 5.34. The fourth-order valence-corrected chi connectivity index (χ4v) is 3.48. The van der Waals surface area contributed by atoms with Gasteiger partial charge in [0.2, 0.25) is 0 Å². The van der Waals surface area contributed by atoms with Crippen LogP contribution in [0.5, 0.6) is 5.75 Å². The van der Waals surface area contributed by atoms with E-state index < -0.39 is 0 Å². The van der Waals surface area contributed by atoms with Crippen LogP contribution in [0.3, 0.4) is 0 Å². The highest BCUT2D eigenvalue weighted by Crippen LogP contribution is 2.52. The van der Waals surface area contributed by atoms with Crippen molar-refractivity contribution in [1.29, 1.82) is 0 Å². The molecule has 3 atom stereocenters. The standard InChI is InChI=1S/C14H19NO.ClH/c1-14(9-10-2-3-11(14)8-10)16-13-6-4-12(15)5-7-13;/h4-7,10-11H,2-3,8-9,15H2,1H3;1H. The lowest BCUT2D eigenvalue weighted by Crippen LogP contribution is -2.38. The Balaban J connectivity index is 0.00000108. The third-order valence-electron chi connectivity index (χ3n) is 4.33. The van der Waals surface area contributed by atoms with Crippen molar-refractivity contribution < 1.29 is 4.74 Å². The minimum atomic E-state index is 0. The van der Waals surface area contributed by atoms with Crippen LogP contribution in [0.2, 0.25) is 0 Å². The summed E-state index contributed by atoms with van der Waals surface area (Å²) in [4.78, 5) is 0. The lowest BCUT2D eigenvalue weighted by atomic mass is 9.85. The molecule has 2 N–H and O–H groups in total. The summed E-state index contributed by atoms with van der Waals surface area (Å²) in [6, 6.07) is 7.77. The van der Waals surface area contributed by atoms with Gasteiger partial charge in [0.15, 0.2) is 0 Å². The van der Waals surface area contributed by atoms with Crippen molar-refractivity contribution in [3.63, 3.8) is 0 Å². The van der Waals surface area contributed by atoms with Crippen LogP contribution in [0, 0.1) is 11.8 Å². The van der Waals surface area contributed by atoms with E-state index in [1.807, 2.05) is 24.3 Å². The van der Waals surface area contributed by atoms with E-state index in [1.165, 1.54) is 25.7 Å². The van der Waals surface area contributed by atoms with Gasteiger partial charge in [0, 0.05) is 5.69 Å². The van der Waals surface area contributed by atoms with Gasteiger partial charge < -0.3 is 10.5 Å². The molecular formula is C14H20ClNO. The van der Waals surface area contributed by atoms with Gasteiger partial charge >= 0.3 is 0 Å². The van der Waals surface area contributed by atoms with Crippen molar-refractivity contribution >= 4 is 18.1 Å². The Hall–Kier alpha value is -0.890. The molecule has 94 valence electrons. The summed E-state index contributed by atoms with van der Waals surface area (Å²) in [6.45, 7) is 2.27. The SMILES string of the molecule is CC1(Oc2ccc(N)cc2)CC2CCC1C2.Cl. The molecule has 3 heteroatoms. The molecule has 1 aromatic carbocycles. The van der Waals surface area contributed by atoms with Crippen LogP contribution in [-0.4, -0.2) is 5.60 Å². The number of hydrogen-bond donors (Lipinski definition) is 1. The molecule has 0 saturated heterocycles. The summed E-state index contributed by atoms with van der Waals surface area (Å²) >= 11 is 0. The first-order chi connectivity index (χ1) is 7.66. The molecular weight excluding hydrogens is 234 g/mol. The number of nitrogens with two attached hydrogens (primary N) is 1. The Kier molecular flexibility index (Phi) is 3.26. The monoisotopic (exact) mass is 253 g/mol. The van der Waals surface area contributed by atoms with Crippen molar-refractivity contribution in [1.82, 2.24) is 0 Å². The smallest absolute Gasteiger partial charge is 0.120 e. The van der Waals surface area contributed by atoms with Crippen molar-refractivity contribution in [3.05, 3.63) is 24.3 Å². The molecule has 2 aliphatic rings. The van der Waals surface area contributed by atoms with Crippen LogP contribution in [0.4, 0.5) is 5.69 Å². The molecule has 0 aliphatic heterocycles. The molecule has 17 heavy (non-hydrogen) atoms. The normalized spacial score (nSPS) is 34.4. The molecule has 2 nitrogen and oxygen atoms in total. The van der Waals surface area contributed by atoms with Gasteiger partial charge in [-0.3, -0.25) is 0 Å². The quantitative estimate of drug-likeness (QED) is 0.817. The van der Waals surface area contributed by atoms with Gasteiger partial charge in [0.05, 0.1) is 0 Å². The predicted molar refractivity (Wildman–Crippen MR) is 72.6 cm³/mol. The van der Waals surface area contributed by atoms with E-state index in [0.717, 1.165) is 23.3 Å². The Morgan fingerprint density at radius 3 is 2.47 bits per heavy atom. The Labute approximate surface area is 109 Å². The first-order valence-corrected chi connectivity index (χ1v) is 6.20. The van der Waals surface area contributed by atoms with E-state index >= 15 is 0 Å². The Morgan fingerprint density at radius 2 is 1.94 bits per heavy atom. The van der Waals surface area contributed by atoms with E-state index in [9.17, 15) is 0 Å². The average molecular weight is 254 g/mol. The third-order valence-corrected chi connectivity index (χ3v) is 4.33. The summed E-state index contributed by atoms with van der Waals surface area (Å²) in [7, 11) is 0. The minimum Gasteiger partial charge on any atom is -0.487 e. The van der Waals surface area contributed by atoms with Gasteiger partial charge in [-0.05, 0) is 68.7 Å². The second-order valence-corrected chi connectivity index (χ2v) is 5.56. The number of anilines is 1. The molecule has 2 fully saturated rings. The predicted octanol–water partition coefficient (Wildman–Crippen LogP) is 3.65. The molecule has 3 rings (SSSR count). The lowest BCUT2D eigenvalue weighted by molar-refractivity contribution is 0.0314. The van der Waals surface area contributed by atoms with Crippen LogP contribution in [-0.2, 0) is 0 Å². The number of ether oxygens (including phenoxy) is 1. The zero-order valence-electron chi connectivity index (χ0n) is 10.2. The van der Waals surface area contributed by atoms with Gasteiger partial charge in [0.1, 0.15) is 11.4 Å². The topological polar surface area (TPSA) is 35.2 Å². The molecule has 0 aromatic heterocycles. The fourth-order valence-electron chi connectivity index (χ4n) is 3.48. The van der Waals surface area contributed by atoms with E-state index in [-0.39, 0.29) is 18.0 Å². The summed E-state index contributed by atoms with van der Waals surface area (Å²) in [5, 5.41) is 0. The van der Waals surface area contributed by atoms with Crippen LogP contribution in [0.1, 0.15) is 32.6 Å². The number of halogens is 1. The van der Waals surface area contributed by atoms with Crippen LogP contribution >= 0.6 is 12.4 Å². The number of nitrogen functional groups attached to an aromatic ring is 1. The lowest BCUT2D eigenvalue weighted by Gasteiger charge is -2.34.